The summed E-state index contributed by atoms with van der Waals surface area (Å²) in [5.74, 6) is -0.0274. The molecule has 0 heterocycles. The monoisotopic (exact) mass is 324 g/mol. The molecule has 0 radical (unpaired) electrons. The highest BCUT2D eigenvalue weighted by Gasteiger charge is 2.18. The largest absolute Gasteiger partial charge is 0.343 e. The van der Waals surface area contributed by atoms with Crippen LogP contribution in [-0.2, 0) is 9.59 Å². The number of anilines is 1. The molecule has 0 saturated heterocycles. The van der Waals surface area contributed by atoms with Gasteiger partial charge in [-0.25, -0.2) is 0 Å². The third kappa shape index (κ3) is 5.34. The van der Waals surface area contributed by atoms with Gasteiger partial charge in [-0.2, -0.15) is 0 Å². The number of para-hydroxylation sites is 1. The SMILES string of the molecule is CCCN(CCC)C(=O)CCN(C(C)=O)c1ccccc1Cl. The van der Waals surface area contributed by atoms with Crippen LogP contribution in [0, 0.1) is 0 Å². The van der Waals surface area contributed by atoms with Crippen LogP contribution in [0.2, 0.25) is 5.02 Å². The highest BCUT2D eigenvalue weighted by atomic mass is 35.5. The molecule has 1 aromatic rings. The van der Waals surface area contributed by atoms with Gasteiger partial charge in [0.2, 0.25) is 11.8 Å². The number of nitrogens with zero attached hydrogens (tertiary/aromatic N) is 2. The summed E-state index contributed by atoms with van der Waals surface area (Å²) in [6, 6.07) is 7.19. The number of carbonyl (C=O) groups is 2. The lowest BCUT2D eigenvalue weighted by atomic mass is 10.2. The third-order valence-electron chi connectivity index (χ3n) is 3.41. The van der Waals surface area contributed by atoms with Crippen LogP contribution in [0.5, 0.6) is 0 Å². The molecule has 1 rings (SSSR count). The number of hydrogen-bond acceptors (Lipinski definition) is 2. The van der Waals surface area contributed by atoms with Gasteiger partial charge < -0.3 is 9.80 Å². The summed E-state index contributed by atoms with van der Waals surface area (Å²) < 4.78 is 0. The summed E-state index contributed by atoms with van der Waals surface area (Å²) in [6.07, 6.45) is 2.18. The highest BCUT2D eigenvalue weighted by Crippen LogP contribution is 2.25. The quantitative estimate of drug-likeness (QED) is 0.731. The molecular formula is C17H25ClN2O2. The number of carbonyl (C=O) groups excluding carboxylic acids is 2. The van der Waals surface area contributed by atoms with Crippen molar-refractivity contribution in [2.75, 3.05) is 24.5 Å². The second kappa shape index (κ2) is 9.46. The summed E-state index contributed by atoms with van der Waals surface area (Å²) in [7, 11) is 0. The molecule has 0 aromatic heterocycles. The van der Waals surface area contributed by atoms with Crippen LogP contribution in [0.1, 0.15) is 40.0 Å². The van der Waals surface area contributed by atoms with Crippen molar-refractivity contribution in [3.05, 3.63) is 29.3 Å². The molecule has 0 unspecified atom stereocenters. The van der Waals surface area contributed by atoms with E-state index in [9.17, 15) is 9.59 Å². The van der Waals surface area contributed by atoms with Crippen LogP contribution >= 0.6 is 11.6 Å². The van der Waals surface area contributed by atoms with Crippen molar-refractivity contribution in [2.24, 2.45) is 0 Å². The van der Waals surface area contributed by atoms with Gasteiger partial charge >= 0.3 is 0 Å². The number of halogens is 1. The second-order valence-electron chi connectivity index (χ2n) is 5.25. The third-order valence-corrected chi connectivity index (χ3v) is 3.73. The number of amides is 2. The van der Waals surface area contributed by atoms with E-state index in [0.29, 0.717) is 23.7 Å². The van der Waals surface area contributed by atoms with E-state index in [4.69, 9.17) is 11.6 Å². The standard InChI is InChI=1S/C17H25ClN2O2/c1-4-11-19(12-5-2)17(22)10-13-20(14(3)21)16-9-7-6-8-15(16)18/h6-9H,4-5,10-13H2,1-3H3. The van der Waals surface area contributed by atoms with Gasteiger partial charge in [0.15, 0.2) is 0 Å². The maximum absolute atomic E-state index is 12.3. The van der Waals surface area contributed by atoms with Crippen LogP contribution in [0.15, 0.2) is 24.3 Å². The van der Waals surface area contributed by atoms with Crippen molar-refractivity contribution in [3.63, 3.8) is 0 Å². The first-order valence-electron chi connectivity index (χ1n) is 7.81. The van der Waals surface area contributed by atoms with Crippen molar-refractivity contribution >= 4 is 29.1 Å². The Labute approximate surface area is 138 Å². The molecule has 22 heavy (non-hydrogen) atoms. The van der Waals surface area contributed by atoms with E-state index in [1.54, 1.807) is 17.0 Å². The molecule has 0 aliphatic heterocycles. The van der Waals surface area contributed by atoms with Crippen molar-refractivity contribution in [1.82, 2.24) is 4.90 Å². The minimum atomic E-state index is -0.113. The average molecular weight is 325 g/mol. The minimum Gasteiger partial charge on any atom is -0.343 e. The first-order chi connectivity index (χ1) is 10.5. The van der Waals surface area contributed by atoms with Crippen molar-refractivity contribution in [2.45, 2.75) is 40.0 Å². The van der Waals surface area contributed by atoms with Gasteiger partial charge in [-0.3, -0.25) is 9.59 Å². The number of hydrogen-bond donors (Lipinski definition) is 0. The van der Waals surface area contributed by atoms with Crippen LogP contribution in [0.4, 0.5) is 5.69 Å². The predicted molar refractivity (Wildman–Crippen MR) is 91.3 cm³/mol. The molecule has 0 N–H and O–H groups in total. The Morgan fingerprint density at radius 2 is 1.64 bits per heavy atom. The van der Waals surface area contributed by atoms with Crippen LogP contribution < -0.4 is 4.90 Å². The van der Waals surface area contributed by atoms with Crippen LogP contribution in [-0.4, -0.2) is 36.3 Å². The van der Waals surface area contributed by atoms with Gasteiger partial charge in [-0.05, 0) is 25.0 Å². The fourth-order valence-electron chi connectivity index (χ4n) is 2.38. The van der Waals surface area contributed by atoms with Gasteiger partial charge in [-0.1, -0.05) is 37.6 Å². The molecule has 0 aliphatic rings. The predicted octanol–water partition coefficient (Wildman–Crippen LogP) is 3.73. The molecule has 122 valence electrons. The Kier molecular flexibility index (Phi) is 7.96. The number of benzene rings is 1. The lowest BCUT2D eigenvalue weighted by molar-refractivity contribution is -0.131. The van der Waals surface area contributed by atoms with Gasteiger partial charge in [-0.15, -0.1) is 0 Å². The number of rotatable bonds is 8. The molecule has 0 bridgehead atoms. The average Bonchev–Trinajstić information content (AvgIpc) is 2.48. The van der Waals surface area contributed by atoms with Crippen molar-refractivity contribution in [1.29, 1.82) is 0 Å². The lowest BCUT2D eigenvalue weighted by Gasteiger charge is -2.25. The Morgan fingerprint density at radius 3 is 2.14 bits per heavy atom. The van der Waals surface area contributed by atoms with E-state index in [2.05, 4.69) is 13.8 Å². The first-order valence-corrected chi connectivity index (χ1v) is 8.19. The molecular weight excluding hydrogens is 300 g/mol. The highest BCUT2D eigenvalue weighted by molar-refractivity contribution is 6.33. The van der Waals surface area contributed by atoms with E-state index in [-0.39, 0.29) is 11.8 Å². The summed E-state index contributed by atoms with van der Waals surface area (Å²) in [6.45, 7) is 7.48. The summed E-state index contributed by atoms with van der Waals surface area (Å²) in [5, 5.41) is 0.518. The topological polar surface area (TPSA) is 40.6 Å². The Balaban J connectivity index is 2.75. The fourth-order valence-corrected chi connectivity index (χ4v) is 2.62. The van der Waals surface area contributed by atoms with Gasteiger partial charge in [0.1, 0.15) is 0 Å². The molecule has 0 atom stereocenters. The van der Waals surface area contributed by atoms with E-state index in [0.717, 1.165) is 25.9 Å². The zero-order valence-corrected chi connectivity index (χ0v) is 14.4. The van der Waals surface area contributed by atoms with Gasteiger partial charge in [0.25, 0.3) is 0 Å². The molecule has 0 fully saturated rings. The smallest absolute Gasteiger partial charge is 0.224 e. The zero-order chi connectivity index (χ0) is 16.5. The van der Waals surface area contributed by atoms with E-state index in [1.807, 2.05) is 17.0 Å². The van der Waals surface area contributed by atoms with Gasteiger partial charge in [0.05, 0.1) is 10.7 Å². The Bertz CT molecular complexity index is 499. The molecule has 0 spiro atoms. The Hall–Kier alpha value is -1.55. The second-order valence-corrected chi connectivity index (χ2v) is 5.66. The van der Waals surface area contributed by atoms with Crippen LogP contribution in [0.3, 0.4) is 0 Å². The van der Waals surface area contributed by atoms with E-state index >= 15 is 0 Å². The van der Waals surface area contributed by atoms with E-state index < -0.39 is 0 Å². The van der Waals surface area contributed by atoms with Crippen LogP contribution in [0.25, 0.3) is 0 Å². The summed E-state index contributed by atoms with van der Waals surface area (Å²) in [4.78, 5) is 27.6. The fraction of sp³-hybridized carbons (Fsp3) is 0.529. The molecule has 4 nitrogen and oxygen atoms in total. The van der Waals surface area contributed by atoms with E-state index in [1.165, 1.54) is 6.92 Å². The Morgan fingerprint density at radius 1 is 1.05 bits per heavy atom. The minimum absolute atomic E-state index is 0.0852. The summed E-state index contributed by atoms with van der Waals surface area (Å²) in [5.41, 5.74) is 0.655. The lowest BCUT2D eigenvalue weighted by Crippen LogP contribution is -2.37. The normalized spacial score (nSPS) is 10.4. The van der Waals surface area contributed by atoms with Gasteiger partial charge in [0, 0.05) is 33.0 Å². The zero-order valence-electron chi connectivity index (χ0n) is 13.6. The van der Waals surface area contributed by atoms with Crippen molar-refractivity contribution < 1.29 is 9.59 Å². The maximum Gasteiger partial charge on any atom is 0.224 e. The molecule has 0 aliphatic carbocycles. The molecule has 5 heteroatoms. The summed E-state index contributed by atoms with van der Waals surface area (Å²) >= 11 is 6.15. The molecule has 0 saturated carbocycles. The van der Waals surface area contributed by atoms with Crippen molar-refractivity contribution in [3.8, 4) is 0 Å². The first kappa shape index (κ1) is 18.5. The molecule has 1 aromatic carbocycles. The molecule has 2 amide bonds. The maximum atomic E-state index is 12.3.